The summed E-state index contributed by atoms with van der Waals surface area (Å²) < 4.78 is 1.18. The highest BCUT2D eigenvalue weighted by Crippen LogP contribution is 2.23. The second-order valence-electron chi connectivity index (χ2n) is 5.94. The van der Waals surface area contributed by atoms with Gasteiger partial charge in [0.05, 0.1) is 15.2 Å². The molecule has 0 aliphatic heterocycles. The maximum Gasteiger partial charge on any atom is 0.163 e. The van der Waals surface area contributed by atoms with E-state index in [1.807, 2.05) is 60.7 Å². The van der Waals surface area contributed by atoms with Crippen LogP contribution in [0.5, 0.6) is 0 Å². The molecular weight excluding hydrogens is 326 g/mol. The van der Waals surface area contributed by atoms with Crippen molar-refractivity contribution >= 4 is 27.3 Å². The van der Waals surface area contributed by atoms with Crippen molar-refractivity contribution in [1.82, 2.24) is 4.98 Å². The zero-order valence-electron chi connectivity index (χ0n) is 13.7. The quantitative estimate of drug-likeness (QED) is 0.430. The first kappa shape index (κ1) is 15.7. The van der Waals surface area contributed by atoms with Gasteiger partial charge in [0.25, 0.3) is 0 Å². The van der Waals surface area contributed by atoms with E-state index < -0.39 is 0 Å². The highest BCUT2D eigenvalue weighted by atomic mass is 32.1. The Morgan fingerprint density at radius 3 is 2.24 bits per heavy atom. The van der Waals surface area contributed by atoms with Crippen molar-refractivity contribution in [2.24, 2.45) is 0 Å². The predicted octanol–water partition coefficient (Wildman–Crippen LogP) is 5.78. The molecule has 0 bridgehead atoms. The number of hydrogen-bond donors (Lipinski definition) is 0. The highest BCUT2D eigenvalue weighted by molar-refractivity contribution is 7.18. The minimum absolute atomic E-state index is 0.166. The molecule has 0 atom stereocenters. The molecule has 0 radical (unpaired) electrons. The Labute approximate surface area is 150 Å². The SMILES string of the molecule is O=C(CCc1nc2ccccc2s1)c1ccc(-c2ccccc2)cc1. The lowest BCUT2D eigenvalue weighted by Crippen LogP contribution is -2.00. The standard InChI is InChI=1S/C22H17NOS/c24-20(14-15-22-23-19-8-4-5-9-21(19)25-22)18-12-10-17(11-13-18)16-6-2-1-3-7-16/h1-13H,14-15H2. The molecule has 0 saturated carbocycles. The van der Waals surface area contributed by atoms with Crippen LogP contribution in [0, 0.1) is 0 Å². The summed E-state index contributed by atoms with van der Waals surface area (Å²) in [6.45, 7) is 0. The van der Waals surface area contributed by atoms with Gasteiger partial charge in [0.2, 0.25) is 0 Å². The monoisotopic (exact) mass is 343 g/mol. The number of hydrogen-bond acceptors (Lipinski definition) is 3. The largest absolute Gasteiger partial charge is 0.294 e. The summed E-state index contributed by atoms with van der Waals surface area (Å²) in [5.41, 5.74) is 4.07. The second-order valence-corrected chi connectivity index (χ2v) is 7.06. The maximum atomic E-state index is 12.5. The minimum atomic E-state index is 0.166. The molecule has 0 N–H and O–H groups in total. The third-order valence-corrected chi connectivity index (χ3v) is 5.31. The van der Waals surface area contributed by atoms with Crippen LogP contribution in [0.1, 0.15) is 21.8 Å². The summed E-state index contributed by atoms with van der Waals surface area (Å²) in [6, 6.07) is 26.2. The molecule has 0 aliphatic rings. The molecule has 0 spiro atoms. The highest BCUT2D eigenvalue weighted by Gasteiger charge is 2.09. The fraction of sp³-hybridized carbons (Fsp3) is 0.0909. The Hall–Kier alpha value is -2.78. The summed E-state index contributed by atoms with van der Waals surface area (Å²) >= 11 is 1.67. The Kier molecular flexibility index (Phi) is 4.40. The topological polar surface area (TPSA) is 30.0 Å². The Morgan fingerprint density at radius 2 is 1.48 bits per heavy atom. The first-order chi connectivity index (χ1) is 12.3. The fourth-order valence-corrected chi connectivity index (χ4v) is 3.84. The van der Waals surface area contributed by atoms with E-state index in [0.717, 1.165) is 27.2 Å². The number of Topliss-reactive ketones (excluding diaryl/α,β-unsaturated/α-hetero) is 1. The number of benzene rings is 3. The number of nitrogens with zero attached hydrogens (tertiary/aromatic N) is 1. The first-order valence-corrected chi connectivity index (χ1v) is 9.14. The van der Waals surface area contributed by atoms with E-state index in [9.17, 15) is 4.79 Å². The molecule has 25 heavy (non-hydrogen) atoms. The number of carbonyl (C=O) groups excluding carboxylic acids is 1. The van der Waals surface area contributed by atoms with Gasteiger partial charge in [-0.3, -0.25) is 4.79 Å². The molecule has 0 amide bonds. The molecule has 4 rings (SSSR count). The van der Waals surface area contributed by atoms with Crippen molar-refractivity contribution in [3.05, 3.63) is 89.4 Å². The van der Waals surface area contributed by atoms with E-state index in [0.29, 0.717) is 12.8 Å². The van der Waals surface area contributed by atoms with Gasteiger partial charge in [-0.2, -0.15) is 0 Å². The van der Waals surface area contributed by atoms with Gasteiger partial charge in [0.1, 0.15) is 0 Å². The van der Waals surface area contributed by atoms with Crippen LogP contribution in [0.15, 0.2) is 78.9 Å². The van der Waals surface area contributed by atoms with Gasteiger partial charge in [-0.1, -0.05) is 66.7 Å². The van der Waals surface area contributed by atoms with Crippen molar-refractivity contribution in [2.75, 3.05) is 0 Å². The number of carbonyl (C=O) groups is 1. The van der Waals surface area contributed by atoms with Gasteiger partial charge in [-0.15, -0.1) is 11.3 Å². The number of aryl methyl sites for hydroxylation is 1. The van der Waals surface area contributed by atoms with E-state index in [4.69, 9.17) is 0 Å². The normalized spacial score (nSPS) is 10.9. The van der Waals surface area contributed by atoms with E-state index in [1.54, 1.807) is 11.3 Å². The van der Waals surface area contributed by atoms with Gasteiger partial charge in [-0.25, -0.2) is 4.98 Å². The van der Waals surface area contributed by atoms with Gasteiger partial charge in [0, 0.05) is 18.4 Å². The van der Waals surface area contributed by atoms with Crippen molar-refractivity contribution in [3.63, 3.8) is 0 Å². The third-order valence-electron chi connectivity index (χ3n) is 4.22. The molecule has 122 valence electrons. The van der Waals surface area contributed by atoms with Crippen LogP contribution in [0.3, 0.4) is 0 Å². The first-order valence-electron chi connectivity index (χ1n) is 8.33. The van der Waals surface area contributed by atoms with Crippen LogP contribution < -0.4 is 0 Å². The summed E-state index contributed by atoms with van der Waals surface area (Å²) in [4.78, 5) is 17.1. The minimum Gasteiger partial charge on any atom is -0.294 e. The molecule has 1 aromatic heterocycles. The molecular formula is C22H17NOS. The number of ketones is 1. The lowest BCUT2D eigenvalue weighted by Gasteiger charge is -2.04. The molecule has 0 saturated heterocycles. The number of thiazole rings is 1. The van der Waals surface area contributed by atoms with E-state index >= 15 is 0 Å². The van der Waals surface area contributed by atoms with Crippen LogP contribution in [-0.4, -0.2) is 10.8 Å². The van der Waals surface area contributed by atoms with Gasteiger partial charge in [-0.05, 0) is 23.3 Å². The molecule has 0 unspecified atom stereocenters. The average Bonchev–Trinajstić information content (AvgIpc) is 3.10. The molecule has 0 aliphatic carbocycles. The number of rotatable bonds is 5. The third kappa shape index (κ3) is 3.52. The number of aromatic nitrogens is 1. The summed E-state index contributed by atoms with van der Waals surface area (Å²) in [6.07, 6.45) is 1.18. The fourth-order valence-electron chi connectivity index (χ4n) is 2.87. The van der Waals surface area contributed by atoms with Crippen molar-refractivity contribution < 1.29 is 4.79 Å². The molecule has 4 aromatic rings. The van der Waals surface area contributed by atoms with Gasteiger partial charge >= 0.3 is 0 Å². The zero-order chi connectivity index (χ0) is 17.1. The van der Waals surface area contributed by atoms with Crippen LogP contribution in [0.2, 0.25) is 0 Å². The van der Waals surface area contributed by atoms with Crippen LogP contribution in [-0.2, 0) is 6.42 Å². The molecule has 3 aromatic carbocycles. The van der Waals surface area contributed by atoms with E-state index in [-0.39, 0.29) is 5.78 Å². The lowest BCUT2D eigenvalue weighted by molar-refractivity contribution is 0.0983. The molecule has 3 heteroatoms. The lowest BCUT2D eigenvalue weighted by atomic mass is 10.0. The molecule has 1 heterocycles. The number of fused-ring (bicyclic) bond motifs is 1. The smallest absolute Gasteiger partial charge is 0.163 e. The summed E-state index contributed by atoms with van der Waals surface area (Å²) in [7, 11) is 0. The number of para-hydroxylation sites is 1. The van der Waals surface area contributed by atoms with Gasteiger partial charge in [0.15, 0.2) is 5.78 Å². The van der Waals surface area contributed by atoms with Crippen LogP contribution >= 0.6 is 11.3 Å². The van der Waals surface area contributed by atoms with Crippen molar-refractivity contribution in [3.8, 4) is 11.1 Å². The summed E-state index contributed by atoms with van der Waals surface area (Å²) in [5.74, 6) is 0.166. The second kappa shape index (κ2) is 6.99. The van der Waals surface area contributed by atoms with Gasteiger partial charge < -0.3 is 0 Å². The van der Waals surface area contributed by atoms with Crippen LogP contribution in [0.25, 0.3) is 21.3 Å². The summed E-state index contributed by atoms with van der Waals surface area (Å²) in [5, 5.41) is 1.02. The molecule has 0 fully saturated rings. The molecule has 2 nitrogen and oxygen atoms in total. The van der Waals surface area contributed by atoms with Crippen LogP contribution in [0.4, 0.5) is 0 Å². The Morgan fingerprint density at radius 1 is 0.800 bits per heavy atom. The average molecular weight is 343 g/mol. The van der Waals surface area contributed by atoms with E-state index in [2.05, 4.69) is 23.2 Å². The zero-order valence-corrected chi connectivity index (χ0v) is 14.5. The predicted molar refractivity (Wildman–Crippen MR) is 104 cm³/mol. The van der Waals surface area contributed by atoms with Crippen molar-refractivity contribution in [2.45, 2.75) is 12.8 Å². The Balaban J connectivity index is 1.44. The Bertz CT molecular complexity index is 970. The van der Waals surface area contributed by atoms with Crippen molar-refractivity contribution in [1.29, 1.82) is 0 Å². The maximum absolute atomic E-state index is 12.5. The van der Waals surface area contributed by atoms with E-state index in [1.165, 1.54) is 4.70 Å².